The van der Waals surface area contributed by atoms with Gasteiger partial charge in [-0.3, -0.25) is 4.79 Å². The normalized spacial score (nSPS) is 14.0. The van der Waals surface area contributed by atoms with E-state index in [0.29, 0.717) is 6.20 Å². The number of hydrogen-bond donors (Lipinski definition) is 2. The van der Waals surface area contributed by atoms with Crippen molar-refractivity contribution in [2.75, 3.05) is 5.32 Å². The maximum absolute atomic E-state index is 14.8. The van der Waals surface area contributed by atoms with Gasteiger partial charge in [-0.2, -0.15) is 23.2 Å². The van der Waals surface area contributed by atoms with Gasteiger partial charge in [-0.1, -0.05) is 6.92 Å². The molecule has 3 radical (unpaired) electrons. The molecule has 1 aromatic heterocycles. The molecule has 1 amide bonds. The Kier molecular flexibility index (Phi) is 6.64. The lowest BCUT2D eigenvalue weighted by Gasteiger charge is -2.31. The molecular formula is C17H14F5N4O3SSi. The molecule has 1 heterocycles. The van der Waals surface area contributed by atoms with Gasteiger partial charge in [0, 0.05) is 18.9 Å². The second-order valence-corrected chi connectivity index (χ2v) is 8.89. The van der Waals surface area contributed by atoms with Crippen molar-refractivity contribution in [3.05, 3.63) is 47.3 Å². The van der Waals surface area contributed by atoms with E-state index >= 15 is 0 Å². The highest BCUT2D eigenvalue weighted by Gasteiger charge is 2.52. The number of aromatic nitrogens is 1. The molecule has 0 bridgehead atoms. The molecule has 1 atom stereocenters. The Balaban J connectivity index is 2.42. The fourth-order valence-corrected chi connectivity index (χ4v) is 4.37. The quantitative estimate of drug-likeness (QED) is 0.493. The number of amides is 1. The van der Waals surface area contributed by atoms with E-state index in [-0.39, 0.29) is 5.69 Å². The Morgan fingerprint density at radius 3 is 2.42 bits per heavy atom. The average Bonchev–Trinajstić information content (AvgIpc) is 2.97. The number of alkyl halides is 3. The van der Waals surface area contributed by atoms with Crippen LogP contribution in [0.4, 0.5) is 27.6 Å². The lowest BCUT2D eigenvalue weighted by Crippen LogP contribution is -2.58. The number of aryl methyl sites for hydroxylation is 1. The first kappa shape index (κ1) is 24.5. The van der Waals surface area contributed by atoms with Gasteiger partial charge in [-0.05, 0) is 24.6 Å². The van der Waals surface area contributed by atoms with Crippen LogP contribution >= 0.6 is 0 Å². The number of benzene rings is 1. The van der Waals surface area contributed by atoms with E-state index in [9.17, 15) is 35.2 Å². The molecule has 0 spiro atoms. The molecule has 31 heavy (non-hydrogen) atoms. The highest BCUT2D eigenvalue weighted by molar-refractivity contribution is 7.89. The highest BCUT2D eigenvalue weighted by Crippen LogP contribution is 2.32. The smallest absolute Gasteiger partial charge is 0.343 e. The number of nitrogens with one attached hydrogen (secondary N) is 2. The molecule has 7 nitrogen and oxygen atoms in total. The van der Waals surface area contributed by atoms with Crippen molar-refractivity contribution >= 4 is 31.9 Å². The van der Waals surface area contributed by atoms with Crippen molar-refractivity contribution < 1.29 is 35.2 Å². The van der Waals surface area contributed by atoms with E-state index in [4.69, 9.17) is 5.26 Å². The van der Waals surface area contributed by atoms with Gasteiger partial charge >= 0.3 is 6.18 Å². The monoisotopic (exact) mass is 477 g/mol. The Morgan fingerprint density at radius 2 is 1.90 bits per heavy atom. The minimum Gasteiger partial charge on any atom is -0.343 e. The number of nitriles is 1. The van der Waals surface area contributed by atoms with Crippen molar-refractivity contribution in [3.63, 3.8) is 0 Å². The van der Waals surface area contributed by atoms with Gasteiger partial charge in [-0.25, -0.2) is 17.2 Å². The zero-order valence-corrected chi connectivity index (χ0v) is 17.8. The first-order valence-corrected chi connectivity index (χ1v) is 10.4. The molecule has 2 aromatic rings. The fourth-order valence-electron chi connectivity index (χ4n) is 2.51. The highest BCUT2D eigenvalue weighted by atomic mass is 32.2. The van der Waals surface area contributed by atoms with E-state index < -0.39 is 61.5 Å². The molecule has 0 saturated carbocycles. The van der Waals surface area contributed by atoms with Crippen molar-refractivity contribution in [1.29, 1.82) is 5.26 Å². The van der Waals surface area contributed by atoms with Gasteiger partial charge in [0.2, 0.25) is 10.0 Å². The zero-order valence-electron chi connectivity index (χ0n) is 15.9. The molecule has 1 aromatic carbocycles. The molecule has 165 valence electrons. The molecule has 0 unspecified atom stereocenters. The number of nitrogens with zero attached hydrogens (tertiary/aromatic N) is 2. The fraction of sp³-hybridized carbons (Fsp3) is 0.294. The van der Waals surface area contributed by atoms with Gasteiger partial charge in [0.1, 0.15) is 27.6 Å². The number of carbonyl (C=O) groups excluding carboxylic acids is 1. The standard InChI is InChI=1S/C17H14F5N4O3SSi/c1-3-16(31,17(20,21)22)25-30(28,29)12-8-26(2)14(13(12)19)15(27)24-10-4-5-11(18)9(6-10)7-23/h4-6,8,25H,3H2,1-2H3,(H,24,27)/t16-/m0/s1. The van der Waals surface area contributed by atoms with E-state index in [1.165, 1.54) is 4.72 Å². The molecule has 0 aliphatic rings. The number of carbonyl (C=O) groups is 1. The molecule has 0 aliphatic heterocycles. The third-order valence-corrected chi connectivity index (χ3v) is 6.68. The third kappa shape index (κ3) is 4.78. The van der Waals surface area contributed by atoms with Gasteiger partial charge in [-0.15, -0.1) is 0 Å². The predicted molar refractivity (Wildman–Crippen MR) is 99.6 cm³/mol. The van der Waals surface area contributed by atoms with Crippen LogP contribution in [0.25, 0.3) is 0 Å². The number of halogens is 5. The largest absolute Gasteiger partial charge is 0.404 e. The minimum absolute atomic E-state index is 0.0895. The summed E-state index contributed by atoms with van der Waals surface area (Å²) >= 11 is 0. The number of hydrogen-bond acceptors (Lipinski definition) is 4. The molecule has 2 N–H and O–H groups in total. The van der Waals surface area contributed by atoms with Crippen LogP contribution in [0.2, 0.25) is 0 Å². The molecule has 2 rings (SSSR count). The van der Waals surface area contributed by atoms with Crippen LogP contribution in [0.1, 0.15) is 29.4 Å². The second-order valence-electron chi connectivity index (χ2n) is 6.39. The van der Waals surface area contributed by atoms with Gasteiger partial charge in [0.15, 0.2) is 5.82 Å². The van der Waals surface area contributed by atoms with Gasteiger partial charge in [0.05, 0.1) is 15.8 Å². The predicted octanol–water partition coefficient (Wildman–Crippen LogP) is 2.54. The Morgan fingerprint density at radius 1 is 1.29 bits per heavy atom. The molecular weight excluding hydrogens is 463 g/mol. The lowest BCUT2D eigenvalue weighted by molar-refractivity contribution is -0.166. The first-order valence-electron chi connectivity index (χ1n) is 8.38. The Hall–Kier alpha value is -2.76. The summed E-state index contributed by atoms with van der Waals surface area (Å²) in [6, 6.07) is 4.48. The summed E-state index contributed by atoms with van der Waals surface area (Å²) in [5.74, 6) is -3.63. The number of anilines is 1. The van der Waals surface area contributed by atoms with Crippen LogP contribution in [-0.2, 0) is 17.1 Å². The van der Waals surface area contributed by atoms with E-state index in [0.717, 1.165) is 36.7 Å². The summed E-state index contributed by atoms with van der Waals surface area (Å²) in [5.41, 5.74) is -1.31. The molecule has 0 saturated heterocycles. The number of sulfonamides is 1. The van der Waals surface area contributed by atoms with Crippen LogP contribution in [0.3, 0.4) is 0 Å². The van der Waals surface area contributed by atoms with Crippen LogP contribution in [0.5, 0.6) is 0 Å². The zero-order chi connectivity index (χ0) is 23.8. The first-order chi connectivity index (χ1) is 14.2. The topological polar surface area (TPSA) is 104 Å². The van der Waals surface area contributed by atoms with Gasteiger partial charge < -0.3 is 9.88 Å². The van der Waals surface area contributed by atoms with Crippen LogP contribution < -0.4 is 10.0 Å². The molecule has 0 fully saturated rings. The summed E-state index contributed by atoms with van der Waals surface area (Å²) in [5, 5.41) is 7.93. The number of rotatable bonds is 6. The van der Waals surface area contributed by atoms with Crippen LogP contribution in [0, 0.1) is 23.0 Å². The van der Waals surface area contributed by atoms with Crippen molar-refractivity contribution in [1.82, 2.24) is 9.29 Å². The maximum Gasteiger partial charge on any atom is 0.404 e. The molecule has 0 aliphatic carbocycles. The minimum atomic E-state index is -5.06. The SMILES string of the molecule is CC[C@@]([Si])(NS(=O)(=O)c1cn(C)c(C(=O)Nc2ccc(F)c(C#N)c2)c1F)C(F)(F)F. The van der Waals surface area contributed by atoms with E-state index in [2.05, 4.69) is 15.6 Å². The lowest BCUT2D eigenvalue weighted by atomic mass is 10.2. The summed E-state index contributed by atoms with van der Waals surface area (Å²) < 4.78 is 94.8. The Labute approximate surface area is 177 Å². The summed E-state index contributed by atoms with van der Waals surface area (Å²) in [6.07, 6.45) is -5.16. The van der Waals surface area contributed by atoms with Crippen molar-refractivity contribution in [3.8, 4) is 6.07 Å². The van der Waals surface area contributed by atoms with Crippen molar-refractivity contribution in [2.45, 2.75) is 29.6 Å². The second kappa shape index (κ2) is 8.40. The Bertz CT molecular complexity index is 1170. The summed E-state index contributed by atoms with van der Waals surface area (Å²) in [6.45, 7) is 1.06. The third-order valence-electron chi connectivity index (χ3n) is 4.26. The summed E-state index contributed by atoms with van der Waals surface area (Å²) in [4.78, 5) is 11.2. The van der Waals surface area contributed by atoms with Crippen LogP contribution in [-0.4, -0.2) is 40.5 Å². The van der Waals surface area contributed by atoms with Crippen LogP contribution in [0.15, 0.2) is 29.3 Å². The summed E-state index contributed by atoms with van der Waals surface area (Å²) in [7, 11) is -1.59. The van der Waals surface area contributed by atoms with E-state index in [1.54, 1.807) is 6.07 Å². The van der Waals surface area contributed by atoms with Gasteiger partial charge in [0.25, 0.3) is 5.91 Å². The van der Waals surface area contributed by atoms with Crippen molar-refractivity contribution in [2.24, 2.45) is 7.05 Å². The average molecular weight is 477 g/mol. The molecule has 14 heteroatoms. The maximum atomic E-state index is 14.8. The van der Waals surface area contributed by atoms with E-state index in [1.807, 2.05) is 0 Å².